The number of nitrogens with zero attached hydrogens (tertiary/aromatic N) is 4. The molecule has 0 aromatic rings. The van der Waals surface area contributed by atoms with Crippen LogP contribution in [0.2, 0.25) is 0 Å². The first kappa shape index (κ1) is 26.1. The van der Waals surface area contributed by atoms with Gasteiger partial charge in [0.2, 0.25) is 0 Å². The molecule has 0 unspecified atom stereocenters. The van der Waals surface area contributed by atoms with Crippen molar-refractivity contribution in [3.05, 3.63) is 0 Å². The van der Waals surface area contributed by atoms with Crippen molar-refractivity contribution in [2.45, 2.75) is 0 Å². The van der Waals surface area contributed by atoms with Crippen LogP contribution in [0.25, 0.3) is 0 Å². The van der Waals surface area contributed by atoms with E-state index in [9.17, 15) is 0 Å². The minimum Gasteiger partial charge on any atom is -1.00 e. The Bertz CT molecular complexity index is 237. The molecule has 8 heteroatoms. The summed E-state index contributed by atoms with van der Waals surface area (Å²) >= 11 is 4.82. The average molecular weight is 301 g/mol. The number of quaternary nitrogens is 1. The summed E-state index contributed by atoms with van der Waals surface area (Å²) in [7, 11) is 7.20. The molecular formula is C10H22Cl2N4O2. The molecule has 0 saturated carbocycles. The summed E-state index contributed by atoms with van der Waals surface area (Å²) in [6.07, 6.45) is 0. The van der Waals surface area contributed by atoms with Crippen molar-refractivity contribution in [1.82, 2.24) is 4.90 Å². The highest BCUT2D eigenvalue weighted by Gasteiger charge is 2.09. The number of aliphatic hydroxyl groups excluding tert-OH is 2. The first-order valence-corrected chi connectivity index (χ1v) is 5.33. The Balaban J connectivity index is -0.0000000855. The van der Waals surface area contributed by atoms with E-state index >= 15 is 0 Å². The molecule has 0 heterocycles. The average Bonchev–Trinajstić information content (AvgIpc) is 2.30. The smallest absolute Gasteiger partial charge is 0.180 e. The van der Waals surface area contributed by atoms with Gasteiger partial charge < -0.3 is 22.6 Å². The number of nitriles is 2. The van der Waals surface area contributed by atoms with Gasteiger partial charge in [0.1, 0.15) is 11.9 Å². The molecule has 0 saturated heterocycles. The number of alkyl halides is 1. The fraction of sp³-hybridized carbons (Fsp3) is 0.800. The monoisotopic (exact) mass is 300 g/mol. The lowest BCUT2D eigenvalue weighted by molar-refractivity contribution is -0.902. The van der Waals surface area contributed by atoms with Gasteiger partial charge >= 0.3 is 0 Å². The molecule has 0 radical (unpaired) electrons. The molecular weight excluding hydrogens is 279 g/mol. The standard InChI is InChI=1S/C5H11N2O.C3H9NO.C2H2ClN.ClH/c1-7(2,5-8)4-3-6;1-4(2)3-5;3-1-2-4;/h8H,4-5H2,1-2H3;5H,3H2,1-2H3;1H2;1H/q+1;;;/p-1. The quantitative estimate of drug-likeness (QED) is 0.248. The number of rotatable bonds is 3. The minimum atomic E-state index is 0. The van der Waals surface area contributed by atoms with Crippen molar-refractivity contribution < 1.29 is 27.1 Å². The second-order valence-electron chi connectivity index (χ2n) is 3.91. The van der Waals surface area contributed by atoms with Crippen molar-refractivity contribution in [1.29, 1.82) is 10.5 Å². The van der Waals surface area contributed by atoms with E-state index < -0.39 is 0 Å². The highest BCUT2D eigenvalue weighted by atomic mass is 35.5. The fourth-order valence-electron chi connectivity index (χ4n) is 0.241. The van der Waals surface area contributed by atoms with E-state index in [1.54, 1.807) is 39.2 Å². The normalized spacial score (nSPS) is 8.56. The van der Waals surface area contributed by atoms with E-state index in [0.717, 1.165) is 0 Å². The Kier molecular flexibility index (Phi) is 27.2. The first-order valence-electron chi connectivity index (χ1n) is 4.79. The van der Waals surface area contributed by atoms with Crippen LogP contribution in [0.3, 0.4) is 0 Å². The number of hydrogen-bond donors (Lipinski definition) is 2. The Morgan fingerprint density at radius 3 is 1.56 bits per heavy atom. The minimum absolute atomic E-state index is 0. The predicted molar refractivity (Wildman–Crippen MR) is 66.8 cm³/mol. The van der Waals surface area contributed by atoms with Crippen molar-refractivity contribution >= 4 is 11.6 Å². The summed E-state index contributed by atoms with van der Waals surface area (Å²) < 4.78 is 0.358. The van der Waals surface area contributed by atoms with Crippen LogP contribution in [0, 0.1) is 22.7 Å². The maximum Gasteiger partial charge on any atom is 0.180 e. The molecule has 0 aliphatic rings. The van der Waals surface area contributed by atoms with Gasteiger partial charge in [0.25, 0.3) is 0 Å². The Hall–Kier alpha value is -0.600. The summed E-state index contributed by atoms with van der Waals surface area (Å²) in [6, 6.07) is 3.67. The van der Waals surface area contributed by atoms with Gasteiger partial charge in [-0.3, -0.25) is 9.38 Å². The molecule has 2 N–H and O–H groups in total. The first-order chi connectivity index (χ1) is 7.81. The summed E-state index contributed by atoms with van der Waals surface area (Å²) in [6.45, 7) is 0.518. The molecule has 0 rings (SSSR count). The maximum atomic E-state index is 8.55. The molecule has 0 aromatic carbocycles. The Labute approximate surface area is 121 Å². The van der Waals surface area contributed by atoms with Crippen LogP contribution in [-0.4, -0.2) is 73.7 Å². The fourth-order valence-corrected chi connectivity index (χ4v) is 0.241. The van der Waals surface area contributed by atoms with Crippen LogP contribution in [-0.2, 0) is 0 Å². The Morgan fingerprint density at radius 2 is 1.50 bits per heavy atom. The lowest BCUT2D eigenvalue weighted by atomic mass is 10.5. The van der Waals surface area contributed by atoms with E-state index in [1.807, 2.05) is 6.07 Å². The van der Waals surface area contributed by atoms with Gasteiger partial charge in [0, 0.05) is 0 Å². The largest absolute Gasteiger partial charge is 1.00 e. The number of hydrogen-bond acceptors (Lipinski definition) is 5. The molecule has 0 bridgehead atoms. The highest BCUT2D eigenvalue weighted by Crippen LogP contribution is 1.89. The summed E-state index contributed by atoms with van der Waals surface area (Å²) in [5.74, 6) is 0.0972. The van der Waals surface area contributed by atoms with Gasteiger partial charge in [-0.05, 0) is 14.1 Å². The summed E-state index contributed by atoms with van der Waals surface area (Å²) in [4.78, 5) is 1.68. The van der Waals surface area contributed by atoms with Gasteiger partial charge in [0.05, 0.1) is 26.9 Å². The van der Waals surface area contributed by atoms with Crippen LogP contribution < -0.4 is 12.4 Å². The lowest BCUT2D eigenvalue weighted by Crippen LogP contribution is -3.00. The number of aliphatic hydroxyl groups is 2. The molecule has 0 amide bonds. The van der Waals surface area contributed by atoms with E-state index in [1.165, 1.54) is 0 Å². The molecule has 0 aliphatic carbocycles. The molecule has 0 aliphatic heterocycles. The van der Waals surface area contributed by atoms with Crippen LogP contribution >= 0.6 is 11.6 Å². The third-order valence-corrected chi connectivity index (χ3v) is 1.34. The van der Waals surface area contributed by atoms with Crippen LogP contribution in [0.4, 0.5) is 0 Å². The molecule has 18 heavy (non-hydrogen) atoms. The predicted octanol–water partition coefficient (Wildman–Crippen LogP) is -3.21. The van der Waals surface area contributed by atoms with E-state index in [-0.39, 0.29) is 31.7 Å². The SMILES string of the molecule is CN(C)CO.C[N+](C)(CO)CC#N.N#CCCl.[Cl-]. The molecule has 108 valence electrons. The third kappa shape index (κ3) is 36.1. The van der Waals surface area contributed by atoms with Gasteiger partial charge in [-0.2, -0.15) is 10.5 Å². The van der Waals surface area contributed by atoms with Crippen molar-refractivity contribution in [3.8, 4) is 12.1 Å². The second-order valence-corrected chi connectivity index (χ2v) is 4.17. The summed E-state index contributed by atoms with van der Waals surface area (Å²) in [5, 5.41) is 32.3. The summed E-state index contributed by atoms with van der Waals surface area (Å²) in [5.41, 5.74) is 0. The highest BCUT2D eigenvalue weighted by molar-refractivity contribution is 6.19. The van der Waals surface area contributed by atoms with Gasteiger partial charge in [-0.1, -0.05) is 0 Å². The topological polar surface area (TPSA) is 91.3 Å². The van der Waals surface area contributed by atoms with E-state index in [0.29, 0.717) is 11.0 Å². The van der Waals surface area contributed by atoms with Crippen LogP contribution in [0.5, 0.6) is 0 Å². The van der Waals surface area contributed by atoms with Crippen molar-refractivity contribution in [3.63, 3.8) is 0 Å². The van der Waals surface area contributed by atoms with Crippen LogP contribution in [0.15, 0.2) is 0 Å². The van der Waals surface area contributed by atoms with Crippen LogP contribution in [0.1, 0.15) is 0 Å². The molecule has 6 nitrogen and oxygen atoms in total. The van der Waals surface area contributed by atoms with E-state index in [4.69, 9.17) is 32.3 Å². The Morgan fingerprint density at radius 1 is 1.17 bits per heavy atom. The van der Waals surface area contributed by atoms with Gasteiger partial charge in [-0.15, -0.1) is 11.6 Å². The molecule has 0 atom stereocenters. The zero-order chi connectivity index (χ0) is 14.3. The van der Waals surface area contributed by atoms with Gasteiger partial charge in [-0.25, -0.2) is 0 Å². The number of halogens is 2. The molecule has 0 spiro atoms. The third-order valence-electron chi connectivity index (χ3n) is 1.22. The van der Waals surface area contributed by atoms with Crippen molar-refractivity contribution in [2.24, 2.45) is 0 Å². The van der Waals surface area contributed by atoms with Crippen molar-refractivity contribution in [2.75, 3.05) is 54.1 Å². The molecule has 0 fully saturated rings. The molecule has 0 aromatic heterocycles. The zero-order valence-corrected chi connectivity index (χ0v) is 12.8. The zero-order valence-electron chi connectivity index (χ0n) is 11.3. The maximum absolute atomic E-state index is 8.55. The van der Waals surface area contributed by atoms with E-state index in [2.05, 4.69) is 0 Å². The second kappa shape index (κ2) is 18.8. The lowest BCUT2D eigenvalue weighted by Gasteiger charge is -2.22. The van der Waals surface area contributed by atoms with Gasteiger partial charge in [0.15, 0.2) is 13.3 Å².